The van der Waals surface area contributed by atoms with E-state index in [0.29, 0.717) is 19.1 Å². The maximum Gasteiger partial charge on any atom is 0.163 e. The van der Waals surface area contributed by atoms with Crippen molar-refractivity contribution in [1.29, 1.82) is 0 Å². The smallest absolute Gasteiger partial charge is 0.163 e. The van der Waals surface area contributed by atoms with E-state index in [2.05, 4.69) is 12.2 Å². The predicted molar refractivity (Wildman–Crippen MR) is 51.9 cm³/mol. The molecule has 0 aromatic carbocycles. The highest BCUT2D eigenvalue weighted by Crippen LogP contribution is 2.38. The Balaban J connectivity index is 2.22. The molecule has 1 spiro atoms. The number of rotatable bonds is 0. The summed E-state index contributed by atoms with van der Waals surface area (Å²) >= 11 is 0. The summed E-state index contributed by atoms with van der Waals surface area (Å²) in [6, 6.07) is 0. The molecule has 2 heterocycles. The Bertz CT molecular complexity index is 231. The third kappa shape index (κ3) is 1.46. The molecular weight excluding hydrogens is 182 g/mol. The third-order valence-corrected chi connectivity index (χ3v) is 3.27. The van der Waals surface area contributed by atoms with Crippen LogP contribution in [0.5, 0.6) is 0 Å². The van der Waals surface area contributed by atoms with Crippen LogP contribution in [0.3, 0.4) is 0 Å². The second-order valence-electron chi connectivity index (χ2n) is 4.82. The van der Waals surface area contributed by atoms with Crippen molar-refractivity contribution in [2.45, 2.75) is 38.3 Å². The lowest BCUT2D eigenvalue weighted by atomic mass is 9.85. The SMILES string of the molecule is CC1CNCC12OC(C)(C)OCC2O. The van der Waals surface area contributed by atoms with Crippen LogP contribution in [-0.2, 0) is 9.47 Å². The molecule has 0 aromatic rings. The van der Waals surface area contributed by atoms with Crippen LogP contribution in [-0.4, -0.2) is 42.3 Å². The van der Waals surface area contributed by atoms with E-state index in [1.807, 2.05) is 13.8 Å². The second kappa shape index (κ2) is 3.17. The Labute approximate surface area is 84.6 Å². The van der Waals surface area contributed by atoms with Gasteiger partial charge in [0.15, 0.2) is 5.79 Å². The highest BCUT2D eigenvalue weighted by Gasteiger charge is 2.53. The minimum atomic E-state index is -0.584. The number of hydrogen-bond acceptors (Lipinski definition) is 4. The molecule has 0 radical (unpaired) electrons. The zero-order valence-electron chi connectivity index (χ0n) is 9.04. The lowest BCUT2D eigenvalue weighted by Crippen LogP contribution is -2.61. The first-order valence-corrected chi connectivity index (χ1v) is 5.19. The van der Waals surface area contributed by atoms with Crippen LogP contribution in [0, 0.1) is 5.92 Å². The van der Waals surface area contributed by atoms with Crippen LogP contribution < -0.4 is 5.32 Å². The molecule has 82 valence electrons. The van der Waals surface area contributed by atoms with Gasteiger partial charge in [0.05, 0.1) is 6.61 Å². The Morgan fingerprint density at radius 2 is 2.14 bits per heavy atom. The Morgan fingerprint density at radius 3 is 2.71 bits per heavy atom. The van der Waals surface area contributed by atoms with Crippen LogP contribution in [0.1, 0.15) is 20.8 Å². The quantitative estimate of drug-likeness (QED) is 0.584. The number of ether oxygens (including phenoxy) is 2. The Hall–Kier alpha value is -0.160. The average molecular weight is 201 g/mol. The van der Waals surface area contributed by atoms with Gasteiger partial charge < -0.3 is 19.9 Å². The monoisotopic (exact) mass is 201 g/mol. The van der Waals surface area contributed by atoms with Crippen molar-refractivity contribution in [3.05, 3.63) is 0 Å². The van der Waals surface area contributed by atoms with E-state index in [-0.39, 0.29) is 0 Å². The molecule has 2 saturated heterocycles. The van der Waals surface area contributed by atoms with Gasteiger partial charge >= 0.3 is 0 Å². The number of aliphatic hydroxyl groups is 1. The van der Waals surface area contributed by atoms with Gasteiger partial charge in [-0.1, -0.05) is 6.92 Å². The summed E-state index contributed by atoms with van der Waals surface area (Å²) in [7, 11) is 0. The summed E-state index contributed by atoms with van der Waals surface area (Å²) in [6.45, 7) is 7.86. The van der Waals surface area contributed by atoms with E-state index >= 15 is 0 Å². The van der Waals surface area contributed by atoms with E-state index in [1.165, 1.54) is 0 Å². The van der Waals surface area contributed by atoms with Crippen LogP contribution in [0.25, 0.3) is 0 Å². The average Bonchev–Trinajstić information content (AvgIpc) is 2.42. The molecule has 2 rings (SSSR count). The molecule has 0 aromatic heterocycles. The lowest BCUT2D eigenvalue weighted by Gasteiger charge is -2.47. The molecular formula is C10H19NO3. The molecule has 4 nitrogen and oxygen atoms in total. The molecule has 0 amide bonds. The number of aliphatic hydroxyl groups excluding tert-OH is 1. The summed E-state index contributed by atoms with van der Waals surface area (Å²) in [5.41, 5.74) is -0.457. The largest absolute Gasteiger partial charge is 0.388 e. The molecule has 2 aliphatic rings. The minimum absolute atomic E-state index is 0.320. The van der Waals surface area contributed by atoms with Crippen molar-refractivity contribution in [3.63, 3.8) is 0 Å². The van der Waals surface area contributed by atoms with Crippen LogP contribution in [0.2, 0.25) is 0 Å². The topological polar surface area (TPSA) is 50.7 Å². The van der Waals surface area contributed by atoms with Gasteiger partial charge in [0.2, 0.25) is 0 Å². The summed E-state index contributed by atoms with van der Waals surface area (Å²) in [4.78, 5) is 0. The highest BCUT2D eigenvalue weighted by atomic mass is 16.7. The van der Waals surface area contributed by atoms with Crippen LogP contribution in [0.15, 0.2) is 0 Å². The first kappa shape index (κ1) is 10.4. The minimum Gasteiger partial charge on any atom is -0.388 e. The molecule has 14 heavy (non-hydrogen) atoms. The second-order valence-corrected chi connectivity index (χ2v) is 4.82. The molecule has 3 atom stereocenters. The summed E-state index contributed by atoms with van der Waals surface area (Å²) in [5.74, 6) is -0.264. The van der Waals surface area contributed by atoms with E-state index < -0.39 is 17.5 Å². The van der Waals surface area contributed by atoms with E-state index in [4.69, 9.17) is 9.47 Å². The van der Waals surface area contributed by atoms with Gasteiger partial charge in [0.25, 0.3) is 0 Å². The molecule has 3 unspecified atom stereocenters. The van der Waals surface area contributed by atoms with Crippen molar-refractivity contribution in [2.24, 2.45) is 5.92 Å². The van der Waals surface area contributed by atoms with Gasteiger partial charge in [-0.05, 0) is 13.8 Å². The molecule has 2 fully saturated rings. The normalized spacial score (nSPS) is 47.1. The molecule has 2 aliphatic heterocycles. The van der Waals surface area contributed by atoms with E-state index in [0.717, 1.165) is 6.54 Å². The Kier molecular flexibility index (Phi) is 2.34. The van der Waals surface area contributed by atoms with Gasteiger partial charge in [-0.25, -0.2) is 0 Å². The molecule has 0 bridgehead atoms. The Morgan fingerprint density at radius 1 is 1.43 bits per heavy atom. The summed E-state index contributed by atoms with van der Waals surface area (Å²) in [6.07, 6.45) is -0.527. The number of nitrogens with one attached hydrogen (secondary N) is 1. The van der Waals surface area contributed by atoms with Crippen molar-refractivity contribution in [3.8, 4) is 0 Å². The lowest BCUT2D eigenvalue weighted by molar-refractivity contribution is -0.345. The molecule has 0 aliphatic carbocycles. The highest BCUT2D eigenvalue weighted by molar-refractivity contribution is 5.03. The first-order chi connectivity index (χ1) is 6.46. The third-order valence-electron chi connectivity index (χ3n) is 3.27. The predicted octanol–water partition coefficient (Wildman–Crippen LogP) is 0.108. The zero-order valence-corrected chi connectivity index (χ0v) is 9.04. The van der Waals surface area contributed by atoms with Gasteiger partial charge in [-0.2, -0.15) is 0 Å². The van der Waals surface area contributed by atoms with Crippen molar-refractivity contribution in [1.82, 2.24) is 5.32 Å². The summed E-state index contributed by atoms with van der Waals surface area (Å²) in [5, 5.41) is 13.2. The van der Waals surface area contributed by atoms with Crippen molar-refractivity contribution >= 4 is 0 Å². The van der Waals surface area contributed by atoms with Gasteiger partial charge in [-0.3, -0.25) is 0 Å². The van der Waals surface area contributed by atoms with Crippen LogP contribution >= 0.6 is 0 Å². The van der Waals surface area contributed by atoms with Crippen molar-refractivity contribution < 1.29 is 14.6 Å². The summed E-state index contributed by atoms with van der Waals surface area (Å²) < 4.78 is 11.3. The molecule has 4 heteroatoms. The molecule has 0 saturated carbocycles. The van der Waals surface area contributed by atoms with Gasteiger partial charge in [0.1, 0.15) is 11.7 Å². The van der Waals surface area contributed by atoms with E-state index in [1.54, 1.807) is 0 Å². The molecule has 2 N–H and O–H groups in total. The maximum absolute atomic E-state index is 9.97. The first-order valence-electron chi connectivity index (χ1n) is 5.19. The fraction of sp³-hybridized carbons (Fsp3) is 1.00. The fourth-order valence-electron chi connectivity index (χ4n) is 2.39. The fourth-order valence-corrected chi connectivity index (χ4v) is 2.39. The standard InChI is InChI=1S/C10H19NO3/c1-7-4-11-6-10(7)8(12)5-13-9(2,3)14-10/h7-8,11-12H,4-6H2,1-3H3. The van der Waals surface area contributed by atoms with Gasteiger partial charge in [-0.15, -0.1) is 0 Å². The maximum atomic E-state index is 9.97. The van der Waals surface area contributed by atoms with Gasteiger partial charge in [0, 0.05) is 19.0 Å². The van der Waals surface area contributed by atoms with E-state index in [9.17, 15) is 5.11 Å². The van der Waals surface area contributed by atoms with Crippen LogP contribution in [0.4, 0.5) is 0 Å². The number of hydrogen-bond donors (Lipinski definition) is 2. The van der Waals surface area contributed by atoms with Crippen molar-refractivity contribution in [2.75, 3.05) is 19.7 Å². The zero-order chi connectivity index (χ0) is 10.4.